The quantitative estimate of drug-likeness (QED) is 0.539. The number of hydrogen-bond donors (Lipinski definition) is 2. The standard InChI is InChI=1S/C26H29N3O6/c1-33-20-11-15(12-21(34-2)25(20)35-3)24-23-17(16-7-4-5-8-18(16)27-23)13-19-26(32)28(9-6-10-30)14-22(31)29(19)24/h4-5,7-8,11-12,19,24,27,30H,6,9-10,13-14H2,1-3H3. The Bertz CT molecular complexity index is 1260. The molecule has 1 aromatic heterocycles. The highest BCUT2D eigenvalue weighted by Crippen LogP contribution is 2.46. The predicted molar refractivity (Wildman–Crippen MR) is 129 cm³/mol. The van der Waals surface area contributed by atoms with Gasteiger partial charge in [0.15, 0.2) is 11.5 Å². The largest absolute Gasteiger partial charge is 0.493 e. The Hall–Kier alpha value is -3.72. The van der Waals surface area contributed by atoms with Gasteiger partial charge in [0.2, 0.25) is 17.6 Å². The third-order valence-electron chi connectivity index (χ3n) is 6.93. The number of ether oxygens (including phenoxy) is 3. The number of amides is 2. The highest BCUT2D eigenvalue weighted by molar-refractivity contribution is 5.97. The van der Waals surface area contributed by atoms with Crippen molar-refractivity contribution in [2.75, 3.05) is 41.0 Å². The van der Waals surface area contributed by atoms with Gasteiger partial charge < -0.3 is 34.1 Å². The minimum atomic E-state index is -0.647. The summed E-state index contributed by atoms with van der Waals surface area (Å²) >= 11 is 0. The molecule has 2 aromatic carbocycles. The lowest BCUT2D eigenvalue weighted by atomic mass is 9.86. The van der Waals surface area contributed by atoms with Gasteiger partial charge in [-0.25, -0.2) is 0 Å². The maximum absolute atomic E-state index is 13.6. The van der Waals surface area contributed by atoms with Crippen molar-refractivity contribution in [3.63, 3.8) is 0 Å². The molecular formula is C26H29N3O6. The molecular weight excluding hydrogens is 450 g/mol. The van der Waals surface area contributed by atoms with Crippen LogP contribution in [0.2, 0.25) is 0 Å². The molecule has 0 spiro atoms. The Balaban J connectivity index is 1.71. The summed E-state index contributed by atoms with van der Waals surface area (Å²) in [6.07, 6.45) is 0.848. The number of aliphatic hydroxyl groups is 1. The van der Waals surface area contributed by atoms with E-state index in [1.165, 1.54) is 0 Å². The lowest BCUT2D eigenvalue weighted by Gasteiger charge is -2.47. The average Bonchev–Trinajstić information content (AvgIpc) is 3.26. The van der Waals surface area contributed by atoms with Gasteiger partial charge in [0.25, 0.3) is 0 Å². The summed E-state index contributed by atoms with van der Waals surface area (Å²) in [5, 5.41) is 10.3. The number of aromatic nitrogens is 1. The number of para-hydroxylation sites is 1. The molecule has 2 N–H and O–H groups in total. The normalized spacial score (nSPS) is 19.5. The van der Waals surface area contributed by atoms with Crippen molar-refractivity contribution in [1.82, 2.24) is 14.8 Å². The first kappa shape index (κ1) is 23.0. The van der Waals surface area contributed by atoms with Crippen LogP contribution in [-0.2, 0) is 16.0 Å². The number of H-pyrrole nitrogens is 1. The van der Waals surface area contributed by atoms with Gasteiger partial charge in [-0.1, -0.05) is 18.2 Å². The van der Waals surface area contributed by atoms with E-state index in [1.807, 2.05) is 36.4 Å². The van der Waals surface area contributed by atoms with E-state index < -0.39 is 12.1 Å². The topological polar surface area (TPSA) is 104 Å². The molecule has 2 unspecified atom stereocenters. The number of carbonyl (C=O) groups excluding carboxylic acids is 2. The average molecular weight is 480 g/mol. The van der Waals surface area contributed by atoms with Crippen LogP contribution in [0.4, 0.5) is 0 Å². The van der Waals surface area contributed by atoms with Gasteiger partial charge in [-0.3, -0.25) is 9.59 Å². The molecule has 0 bridgehead atoms. The number of piperazine rings is 1. The van der Waals surface area contributed by atoms with E-state index in [1.54, 1.807) is 31.1 Å². The molecule has 5 rings (SSSR count). The maximum atomic E-state index is 13.6. The number of aromatic amines is 1. The Morgan fingerprint density at radius 2 is 1.77 bits per heavy atom. The third-order valence-corrected chi connectivity index (χ3v) is 6.93. The lowest BCUT2D eigenvalue weighted by Crippen LogP contribution is -2.63. The van der Waals surface area contributed by atoms with E-state index >= 15 is 0 Å². The molecule has 9 heteroatoms. The van der Waals surface area contributed by atoms with Gasteiger partial charge in [0.1, 0.15) is 6.04 Å². The van der Waals surface area contributed by atoms with Crippen LogP contribution < -0.4 is 14.2 Å². The van der Waals surface area contributed by atoms with E-state index in [0.717, 1.165) is 27.7 Å². The zero-order chi connectivity index (χ0) is 24.7. The second-order valence-electron chi connectivity index (χ2n) is 8.78. The lowest BCUT2D eigenvalue weighted by molar-refractivity contribution is -0.158. The molecule has 2 atom stereocenters. The molecule has 2 aliphatic heterocycles. The van der Waals surface area contributed by atoms with Gasteiger partial charge in [-0.05, 0) is 35.7 Å². The fourth-order valence-corrected chi connectivity index (χ4v) is 5.38. The summed E-state index contributed by atoms with van der Waals surface area (Å²) < 4.78 is 16.7. The molecule has 35 heavy (non-hydrogen) atoms. The number of aliphatic hydroxyl groups excluding tert-OH is 1. The third kappa shape index (κ3) is 3.67. The van der Waals surface area contributed by atoms with Crippen LogP contribution in [-0.4, -0.2) is 78.8 Å². The first-order valence-corrected chi connectivity index (χ1v) is 11.6. The van der Waals surface area contributed by atoms with Crippen molar-refractivity contribution < 1.29 is 28.9 Å². The fourth-order valence-electron chi connectivity index (χ4n) is 5.38. The van der Waals surface area contributed by atoms with Crippen LogP contribution in [0.5, 0.6) is 17.2 Å². The van der Waals surface area contributed by atoms with Gasteiger partial charge >= 0.3 is 0 Å². The van der Waals surface area contributed by atoms with Crippen molar-refractivity contribution in [2.45, 2.75) is 24.9 Å². The number of nitrogens with zero attached hydrogens (tertiary/aromatic N) is 2. The highest BCUT2D eigenvalue weighted by Gasteiger charge is 2.48. The molecule has 0 saturated carbocycles. The molecule has 3 aromatic rings. The summed E-state index contributed by atoms with van der Waals surface area (Å²) in [5.41, 5.74) is 3.60. The summed E-state index contributed by atoms with van der Waals surface area (Å²) in [6, 6.07) is 10.4. The first-order chi connectivity index (χ1) is 17.0. The summed E-state index contributed by atoms with van der Waals surface area (Å²) in [6.45, 7) is 0.292. The van der Waals surface area contributed by atoms with E-state index in [9.17, 15) is 14.7 Å². The predicted octanol–water partition coefficient (Wildman–Crippen LogP) is 2.26. The number of carbonyl (C=O) groups is 2. The smallest absolute Gasteiger partial charge is 0.246 e. The Kier molecular flexibility index (Phi) is 6.02. The van der Waals surface area contributed by atoms with Gasteiger partial charge in [0, 0.05) is 36.2 Å². The van der Waals surface area contributed by atoms with Gasteiger partial charge in [-0.15, -0.1) is 0 Å². The van der Waals surface area contributed by atoms with Crippen molar-refractivity contribution in [3.05, 3.63) is 53.2 Å². The Morgan fingerprint density at radius 1 is 1.06 bits per heavy atom. The molecule has 9 nitrogen and oxygen atoms in total. The molecule has 2 amide bonds. The van der Waals surface area contributed by atoms with Crippen LogP contribution in [0.1, 0.15) is 29.3 Å². The number of benzene rings is 2. The second-order valence-corrected chi connectivity index (χ2v) is 8.78. The molecule has 2 aliphatic rings. The molecule has 184 valence electrons. The molecule has 3 heterocycles. The van der Waals surface area contributed by atoms with E-state index in [4.69, 9.17) is 14.2 Å². The van der Waals surface area contributed by atoms with Crippen LogP contribution >= 0.6 is 0 Å². The monoisotopic (exact) mass is 479 g/mol. The Morgan fingerprint density at radius 3 is 2.43 bits per heavy atom. The highest BCUT2D eigenvalue weighted by atomic mass is 16.5. The number of hydrogen-bond acceptors (Lipinski definition) is 6. The summed E-state index contributed by atoms with van der Waals surface area (Å²) in [7, 11) is 4.64. The molecule has 0 aliphatic carbocycles. The zero-order valence-corrected chi connectivity index (χ0v) is 20.0. The van der Waals surface area contributed by atoms with Crippen molar-refractivity contribution >= 4 is 22.7 Å². The van der Waals surface area contributed by atoms with Crippen molar-refractivity contribution in [2.24, 2.45) is 0 Å². The zero-order valence-electron chi connectivity index (χ0n) is 20.0. The summed E-state index contributed by atoms with van der Waals surface area (Å²) in [5.74, 6) is 1.16. The minimum absolute atomic E-state index is 0.0220. The van der Waals surface area contributed by atoms with Gasteiger partial charge in [-0.2, -0.15) is 0 Å². The molecule has 0 radical (unpaired) electrons. The maximum Gasteiger partial charge on any atom is 0.246 e. The molecule has 1 fully saturated rings. The van der Waals surface area contributed by atoms with E-state index in [-0.39, 0.29) is 25.0 Å². The number of rotatable bonds is 7. The number of fused-ring (bicyclic) bond motifs is 4. The fraction of sp³-hybridized carbons (Fsp3) is 0.385. The van der Waals surface area contributed by atoms with Crippen LogP contribution in [0.15, 0.2) is 36.4 Å². The van der Waals surface area contributed by atoms with E-state index in [2.05, 4.69) is 4.98 Å². The second kappa shape index (κ2) is 9.14. The molecule has 1 saturated heterocycles. The van der Waals surface area contributed by atoms with Gasteiger partial charge in [0.05, 0.1) is 33.9 Å². The van der Waals surface area contributed by atoms with Crippen molar-refractivity contribution in [1.29, 1.82) is 0 Å². The van der Waals surface area contributed by atoms with E-state index in [0.29, 0.717) is 36.6 Å². The SMILES string of the molecule is COc1cc(C2c3[nH]c4ccccc4c3CC3C(=O)N(CCCO)CC(=O)N32)cc(OC)c1OC. The van der Waals surface area contributed by atoms with Crippen molar-refractivity contribution in [3.8, 4) is 17.2 Å². The number of methoxy groups -OCH3 is 3. The van der Waals surface area contributed by atoms with Crippen LogP contribution in [0.3, 0.4) is 0 Å². The minimum Gasteiger partial charge on any atom is -0.493 e. The Labute approximate surface area is 203 Å². The first-order valence-electron chi connectivity index (χ1n) is 11.6. The van der Waals surface area contributed by atoms with Crippen LogP contribution in [0, 0.1) is 0 Å². The summed E-state index contributed by atoms with van der Waals surface area (Å²) in [4.78, 5) is 33.9. The van der Waals surface area contributed by atoms with Crippen LogP contribution in [0.25, 0.3) is 10.9 Å². The number of nitrogens with one attached hydrogen (secondary N) is 1.